The Morgan fingerprint density at radius 1 is 1.11 bits per heavy atom. The molecule has 6 nitrogen and oxygen atoms in total. The van der Waals surface area contributed by atoms with Gasteiger partial charge in [0.05, 0.1) is 19.3 Å². The normalized spacial score (nSPS) is 11.7. The quantitative estimate of drug-likeness (QED) is 0.534. The molecule has 0 aliphatic carbocycles. The van der Waals surface area contributed by atoms with Crippen LogP contribution in [-0.4, -0.2) is 56.6 Å². The van der Waals surface area contributed by atoms with Crippen molar-refractivity contribution in [2.24, 2.45) is 0 Å². The number of amides is 1. The molecule has 0 N–H and O–H groups in total. The van der Waals surface area contributed by atoms with Crippen molar-refractivity contribution in [1.29, 1.82) is 0 Å². The molecule has 0 unspecified atom stereocenters. The molecule has 0 saturated carbocycles. The second kappa shape index (κ2) is 10.6. The number of sulfonamides is 1. The lowest BCUT2D eigenvalue weighted by molar-refractivity contribution is -0.132. The molecule has 0 atom stereocenters. The van der Waals surface area contributed by atoms with Gasteiger partial charge < -0.3 is 9.64 Å². The van der Waals surface area contributed by atoms with E-state index in [1.54, 1.807) is 23.3 Å². The Morgan fingerprint density at radius 2 is 1.85 bits per heavy atom. The Balaban J connectivity index is 2.12. The molecule has 27 heavy (non-hydrogen) atoms. The molecule has 1 heterocycles. The van der Waals surface area contributed by atoms with E-state index in [9.17, 15) is 13.2 Å². The summed E-state index contributed by atoms with van der Waals surface area (Å²) in [5.74, 6) is -0.213. The first-order valence-corrected chi connectivity index (χ1v) is 11.4. The van der Waals surface area contributed by atoms with Crippen LogP contribution in [0.25, 0.3) is 0 Å². The number of methoxy groups -OCH3 is 1. The molecule has 0 aliphatic heterocycles. The third-order valence-electron chi connectivity index (χ3n) is 4.03. The molecule has 1 aromatic heterocycles. The van der Waals surface area contributed by atoms with Crippen LogP contribution >= 0.6 is 11.3 Å². The number of hydrogen-bond donors (Lipinski definition) is 0. The molecule has 0 saturated heterocycles. The number of carbonyl (C=O) groups excluding carboxylic acids is 1. The summed E-state index contributed by atoms with van der Waals surface area (Å²) in [6, 6.07) is 13.6. The zero-order chi connectivity index (χ0) is 19.7. The highest BCUT2D eigenvalue weighted by Crippen LogP contribution is 2.15. The van der Waals surface area contributed by atoms with E-state index in [-0.39, 0.29) is 19.0 Å². The van der Waals surface area contributed by atoms with Crippen molar-refractivity contribution in [3.05, 3.63) is 58.3 Å². The van der Waals surface area contributed by atoms with Crippen molar-refractivity contribution < 1.29 is 17.9 Å². The summed E-state index contributed by atoms with van der Waals surface area (Å²) in [6.45, 7) is 1.44. The monoisotopic (exact) mass is 410 g/mol. The number of hydrogen-bond acceptors (Lipinski definition) is 5. The molecule has 0 bridgehead atoms. The first-order valence-electron chi connectivity index (χ1n) is 8.68. The van der Waals surface area contributed by atoms with Crippen LogP contribution in [0, 0.1) is 0 Å². The van der Waals surface area contributed by atoms with Crippen LogP contribution in [0.5, 0.6) is 0 Å². The van der Waals surface area contributed by atoms with Gasteiger partial charge in [0, 0.05) is 31.7 Å². The van der Waals surface area contributed by atoms with Crippen molar-refractivity contribution in [2.75, 3.05) is 33.1 Å². The van der Waals surface area contributed by atoms with Gasteiger partial charge in [-0.2, -0.15) is 4.31 Å². The van der Waals surface area contributed by atoms with Crippen LogP contribution in [0.2, 0.25) is 0 Å². The average molecular weight is 411 g/mol. The van der Waals surface area contributed by atoms with Crippen molar-refractivity contribution in [3.63, 3.8) is 0 Å². The molecule has 1 aromatic carbocycles. The van der Waals surface area contributed by atoms with E-state index in [0.717, 1.165) is 16.7 Å². The molecular weight excluding hydrogens is 384 g/mol. The third kappa shape index (κ3) is 7.42. The molecule has 0 radical (unpaired) electrons. The summed E-state index contributed by atoms with van der Waals surface area (Å²) in [5.41, 5.74) is 1.01. The number of thiophene rings is 1. The maximum Gasteiger partial charge on any atom is 0.238 e. The molecule has 2 aromatic rings. The van der Waals surface area contributed by atoms with Gasteiger partial charge in [-0.15, -0.1) is 11.3 Å². The zero-order valence-corrected chi connectivity index (χ0v) is 17.3. The lowest BCUT2D eigenvalue weighted by Crippen LogP contribution is -2.42. The van der Waals surface area contributed by atoms with E-state index in [2.05, 4.69) is 0 Å². The number of benzene rings is 1. The molecule has 0 aliphatic rings. The second-order valence-corrected chi connectivity index (χ2v) is 9.27. The lowest BCUT2D eigenvalue weighted by Gasteiger charge is -2.26. The van der Waals surface area contributed by atoms with Gasteiger partial charge in [-0.05, 0) is 23.4 Å². The molecule has 8 heteroatoms. The fraction of sp³-hybridized carbons (Fsp3) is 0.421. The highest BCUT2D eigenvalue weighted by atomic mass is 32.2. The summed E-state index contributed by atoms with van der Waals surface area (Å²) in [7, 11) is -1.91. The van der Waals surface area contributed by atoms with Crippen LogP contribution in [0.15, 0.2) is 47.8 Å². The second-order valence-electron chi connectivity index (χ2n) is 6.26. The Kier molecular flexibility index (Phi) is 8.43. The van der Waals surface area contributed by atoms with E-state index in [1.807, 2.05) is 47.8 Å². The Bertz CT molecular complexity index is 792. The van der Waals surface area contributed by atoms with Gasteiger partial charge in [0.15, 0.2) is 0 Å². The minimum absolute atomic E-state index is 0.166. The predicted octanol–water partition coefficient (Wildman–Crippen LogP) is 2.58. The topological polar surface area (TPSA) is 66.9 Å². The molecule has 2 rings (SSSR count). The van der Waals surface area contributed by atoms with Crippen LogP contribution in [0.1, 0.15) is 16.9 Å². The van der Waals surface area contributed by atoms with Crippen molar-refractivity contribution in [2.45, 2.75) is 19.5 Å². The highest BCUT2D eigenvalue weighted by molar-refractivity contribution is 7.88. The fourth-order valence-corrected chi connectivity index (χ4v) is 4.15. The Labute approximate surface area is 165 Å². The van der Waals surface area contributed by atoms with Crippen LogP contribution < -0.4 is 0 Å². The Morgan fingerprint density at radius 3 is 2.44 bits per heavy atom. The summed E-state index contributed by atoms with van der Waals surface area (Å²) in [5, 5.41) is 1.97. The molecule has 1 amide bonds. The fourth-order valence-electron chi connectivity index (χ4n) is 2.62. The average Bonchev–Trinajstić information content (AvgIpc) is 3.13. The van der Waals surface area contributed by atoms with Crippen LogP contribution in [0.4, 0.5) is 0 Å². The smallest absolute Gasteiger partial charge is 0.238 e. The van der Waals surface area contributed by atoms with E-state index in [1.165, 1.54) is 4.31 Å². The first-order chi connectivity index (χ1) is 12.9. The van der Waals surface area contributed by atoms with Crippen molar-refractivity contribution >= 4 is 27.3 Å². The number of rotatable bonds is 11. The van der Waals surface area contributed by atoms with Gasteiger partial charge in [0.25, 0.3) is 0 Å². The summed E-state index contributed by atoms with van der Waals surface area (Å²) >= 11 is 1.58. The largest absolute Gasteiger partial charge is 0.385 e. The van der Waals surface area contributed by atoms with E-state index in [4.69, 9.17) is 4.74 Å². The van der Waals surface area contributed by atoms with Gasteiger partial charge in [0.2, 0.25) is 15.9 Å². The van der Waals surface area contributed by atoms with Gasteiger partial charge >= 0.3 is 0 Å². The number of nitrogens with zero attached hydrogens (tertiary/aromatic N) is 2. The zero-order valence-electron chi connectivity index (χ0n) is 15.7. The maximum atomic E-state index is 13.0. The SMILES string of the molecule is COCCCN(CC(=O)N(Cc1ccccc1)Cc1cccs1)S(C)(=O)=O. The third-order valence-corrected chi connectivity index (χ3v) is 6.14. The van der Waals surface area contributed by atoms with Gasteiger partial charge in [-0.3, -0.25) is 4.79 Å². The van der Waals surface area contributed by atoms with E-state index >= 15 is 0 Å². The Hall–Kier alpha value is -1.74. The first kappa shape index (κ1) is 21.6. The van der Waals surface area contributed by atoms with Crippen LogP contribution in [-0.2, 0) is 32.6 Å². The predicted molar refractivity (Wildman–Crippen MR) is 108 cm³/mol. The molecular formula is C19H26N2O4S2. The maximum absolute atomic E-state index is 13.0. The molecule has 148 valence electrons. The standard InChI is InChI=1S/C19H26N2O4S2/c1-25-12-7-11-21(27(2,23)24)16-19(22)20(15-18-10-6-13-26-18)14-17-8-4-3-5-9-17/h3-6,8-10,13H,7,11-12,14-16H2,1-2H3. The van der Waals surface area contributed by atoms with Gasteiger partial charge in [-0.25, -0.2) is 8.42 Å². The molecule has 0 spiro atoms. The van der Waals surface area contributed by atoms with Gasteiger partial charge in [-0.1, -0.05) is 36.4 Å². The minimum atomic E-state index is -3.48. The number of carbonyl (C=O) groups is 1. The highest BCUT2D eigenvalue weighted by Gasteiger charge is 2.23. The lowest BCUT2D eigenvalue weighted by atomic mass is 10.2. The van der Waals surface area contributed by atoms with Crippen molar-refractivity contribution in [1.82, 2.24) is 9.21 Å². The minimum Gasteiger partial charge on any atom is -0.385 e. The number of ether oxygens (including phenoxy) is 1. The van der Waals surface area contributed by atoms with E-state index < -0.39 is 10.0 Å². The molecule has 0 fully saturated rings. The van der Waals surface area contributed by atoms with Crippen molar-refractivity contribution in [3.8, 4) is 0 Å². The van der Waals surface area contributed by atoms with Gasteiger partial charge in [0.1, 0.15) is 0 Å². The summed E-state index contributed by atoms with van der Waals surface area (Å²) in [4.78, 5) is 15.7. The summed E-state index contributed by atoms with van der Waals surface area (Å²) in [6.07, 6.45) is 1.67. The summed E-state index contributed by atoms with van der Waals surface area (Å²) < 4.78 is 30.4. The van der Waals surface area contributed by atoms with Crippen LogP contribution in [0.3, 0.4) is 0 Å². The van der Waals surface area contributed by atoms with E-state index in [0.29, 0.717) is 26.1 Å².